The molecule has 2 unspecified atom stereocenters. The lowest BCUT2D eigenvalue weighted by Gasteiger charge is -2.30. The van der Waals surface area contributed by atoms with Crippen molar-refractivity contribution >= 4 is 0 Å². The highest BCUT2D eigenvalue weighted by molar-refractivity contribution is 5.02. The molecule has 0 aromatic carbocycles. The average molecular weight is 277 g/mol. The Morgan fingerprint density at radius 3 is 2.85 bits per heavy atom. The van der Waals surface area contributed by atoms with Crippen LogP contribution >= 0.6 is 0 Å². The lowest BCUT2D eigenvalue weighted by atomic mass is 9.81. The summed E-state index contributed by atoms with van der Waals surface area (Å²) in [6.07, 6.45) is 5.19. The van der Waals surface area contributed by atoms with E-state index in [0.29, 0.717) is 24.6 Å². The minimum absolute atomic E-state index is 0.104. The van der Waals surface area contributed by atoms with E-state index in [2.05, 4.69) is 30.1 Å². The summed E-state index contributed by atoms with van der Waals surface area (Å²) in [5.74, 6) is 1.25. The van der Waals surface area contributed by atoms with E-state index in [1.54, 1.807) is 0 Å². The van der Waals surface area contributed by atoms with Gasteiger partial charge >= 0.3 is 0 Å². The number of ether oxygens (including phenoxy) is 1. The Bertz CT molecular complexity index is 486. The molecular weight excluding hydrogens is 254 g/mol. The van der Waals surface area contributed by atoms with Crippen molar-refractivity contribution < 1.29 is 9.26 Å². The summed E-state index contributed by atoms with van der Waals surface area (Å²) in [5.41, 5.74) is -0.523. The standard InChI is InChI=1S/C15H23N3O2/c1-4-14(2,8-9-16)11-12-17-13(18-20-12)15(3)7-5-6-10-19-15/h4-8,10-11H2,1-3H3. The molecule has 0 N–H and O–H groups in total. The molecule has 0 saturated carbocycles. The van der Waals surface area contributed by atoms with Crippen LogP contribution in [0, 0.1) is 16.7 Å². The fraction of sp³-hybridized carbons (Fsp3) is 0.800. The van der Waals surface area contributed by atoms with Crippen LogP contribution in [-0.2, 0) is 16.8 Å². The number of nitrogens with zero attached hydrogens (tertiary/aromatic N) is 3. The van der Waals surface area contributed by atoms with Gasteiger partial charge in [0.05, 0.1) is 6.07 Å². The molecule has 2 rings (SSSR count). The van der Waals surface area contributed by atoms with E-state index in [0.717, 1.165) is 32.3 Å². The molecule has 1 aliphatic heterocycles. The molecule has 1 aromatic rings. The molecule has 1 aliphatic rings. The second-order valence-electron chi connectivity index (χ2n) is 6.22. The lowest BCUT2D eigenvalue weighted by molar-refractivity contribution is -0.0770. The topological polar surface area (TPSA) is 71.9 Å². The maximum atomic E-state index is 8.92. The number of aromatic nitrogens is 2. The molecule has 5 nitrogen and oxygen atoms in total. The van der Waals surface area contributed by atoms with Gasteiger partial charge in [-0.1, -0.05) is 19.0 Å². The fourth-order valence-electron chi connectivity index (χ4n) is 2.52. The minimum Gasteiger partial charge on any atom is -0.367 e. The number of rotatable bonds is 5. The van der Waals surface area contributed by atoms with Gasteiger partial charge in [0.2, 0.25) is 11.7 Å². The summed E-state index contributed by atoms with van der Waals surface area (Å²) in [7, 11) is 0. The van der Waals surface area contributed by atoms with Gasteiger partial charge in [0.25, 0.3) is 0 Å². The lowest BCUT2D eigenvalue weighted by Crippen LogP contribution is -2.31. The Hall–Kier alpha value is -1.41. The van der Waals surface area contributed by atoms with Crippen LogP contribution < -0.4 is 0 Å². The van der Waals surface area contributed by atoms with Crippen molar-refractivity contribution in [3.63, 3.8) is 0 Å². The van der Waals surface area contributed by atoms with Crippen LogP contribution in [0.2, 0.25) is 0 Å². The van der Waals surface area contributed by atoms with Crippen molar-refractivity contribution in [2.75, 3.05) is 6.61 Å². The summed E-state index contributed by atoms with van der Waals surface area (Å²) in [4.78, 5) is 4.51. The maximum absolute atomic E-state index is 8.92. The van der Waals surface area contributed by atoms with Crippen LogP contribution in [0.15, 0.2) is 4.52 Å². The Labute approximate surface area is 120 Å². The number of hydrogen-bond acceptors (Lipinski definition) is 5. The SMILES string of the molecule is CCC(C)(CC#N)Cc1nc(C2(C)CCCCO2)no1. The van der Waals surface area contributed by atoms with E-state index in [4.69, 9.17) is 14.5 Å². The second kappa shape index (κ2) is 5.92. The molecule has 0 aliphatic carbocycles. The highest BCUT2D eigenvalue weighted by Crippen LogP contribution is 2.34. The van der Waals surface area contributed by atoms with Gasteiger partial charge in [-0.2, -0.15) is 10.2 Å². The molecule has 20 heavy (non-hydrogen) atoms. The van der Waals surface area contributed by atoms with Crippen LogP contribution in [-0.4, -0.2) is 16.7 Å². The Morgan fingerprint density at radius 2 is 2.25 bits per heavy atom. The van der Waals surface area contributed by atoms with Gasteiger partial charge < -0.3 is 9.26 Å². The summed E-state index contributed by atoms with van der Waals surface area (Å²) < 4.78 is 11.2. The van der Waals surface area contributed by atoms with E-state index in [1.807, 2.05) is 6.92 Å². The molecule has 2 atom stereocenters. The third kappa shape index (κ3) is 3.18. The maximum Gasteiger partial charge on any atom is 0.227 e. The first-order chi connectivity index (χ1) is 9.51. The van der Waals surface area contributed by atoms with E-state index < -0.39 is 5.60 Å². The van der Waals surface area contributed by atoms with Gasteiger partial charge in [-0.3, -0.25) is 0 Å². The highest BCUT2D eigenvalue weighted by Gasteiger charge is 2.35. The molecule has 0 bridgehead atoms. The quantitative estimate of drug-likeness (QED) is 0.825. The van der Waals surface area contributed by atoms with E-state index >= 15 is 0 Å². The average Bonchev–Trinajstić information content (AvgIpc) is 2.89. The predicted octanol–water partition coefficient (Wildman–Crippen LogP) is 3.36. The molecule has 0 spiro atoms. The first-order valence-corrected chi connectivity index (χ1v) is 7.35. The number of nitriles is 1. The molecule has 0 amide bonds. The monoisotopic (exact) mass is 277 g/mol. The van der Waals surface area contributed by atoms with E-state index in [1.165, 1.54) is 0 Å². The van der Waals surface area contributed by atoms with Gasteiger partial charge in [-0.15, -0.1) is 0 Å². The first kappa shape index (κ1) is 15.0. The zero-order chi connectivity index (χ0) is 14.6. The van der Waals surface area contributed by atoms with Crippen molar-refractivity contribution in [3.05, 3.63) is 11.7 Å². The zero-order valence-corrected chi connectivity index (χ0v) is 12.6. The molecular formula is C15H23N3O2. The Morgan fingerprint density at radius 1 is 1.45 bits per heavy atom. The largest absolute Gasteiger partial charge is 0.367 e. The predicted molar refractivity (Wildman–Crippen MR) is 73.8 cm³/mol. The molecule has 1 aromatic heterocycles. The first-order valence-electron chi connectivity index (χ1n) is 7.35. The Kier molecular flexibility index (Phi) is 4.44. The van der Waals surface area contributed by atoms with E-state index in [-0.39, 0.29) is 5.41 Å². The molecule has 0 radical (unpaired) electrons. The molecule has 110 valence electrons. The Balaban J connectivity index is 2.11. The van der Waals surface area contributed by atoms with Crippen LogP contribution in [0.3, 0.4) is 0 Å². The second-order valence-corrected chi connectivity index (χ2v) is 6.22. The molecule has 2 heterocycles. The van der Waals surface area contributed by atoms with Gasteiger partial charge in [0, 0.05) is 19.4 Å². The minimum atomic E-state index is -0.419. The van der Waals surface area contributed by atoms with Gasteiger partial charge in [-0.25, -0.2) is 0 Å². The van der Waals surface area contributed by atoms with Gasteiger partial charge in [0.15, 0.2) is 0 Å². The molecule has 5 heteroatoms. The summed E-state index contributed by atoms with van der Waals surface area (Å²) >= 11 is 0. The fourth-order valence-corrected chi connectivity index (χ4v) is 2.52. The van der Waals surface area contributed by atoms with Crippen molar-refractivity contribution in [1.29, 1.82) is 5.26 Å². The summed E-state index contributed by atoms with van der Waals surface area (Å²) in [6.45, 7) is 6.94. The van der Waals surface area contributed by atoms with Crippen LogP contribution in [0.1, 0.15) is 64.6 Å². The number of hydrogen-bond donors (Lipinski definition) is 0. The third-order valence-corrected chi connectivity index (χ3v) is 4.35. The van der Waals surface area contributed by atoms with Crippen molar-refractivity contribution in [2.45, 2.75) is 64.9 Å². The van der Waals surface area contributed by atoms with Crippen LogP contribution in [0.25, 0.3) is 0 Å². The van der Waals surface area contributed by atoms with Crippen molar-refractivity contribution in [2.24, 2.45) is 5.41 Å². The van der Waals surface area contributed by atoms with E-state index in [9.17, 15) is 0 Å². The third-order valence-electron chi connectivity index (χ3n) is 4.35. The summed E-state index contributed by atoms with van der Waals surface area (Å²) in [5, 5.41) is 13.0. The van der Waals surface area contributed by atoms with Crippen molar-refractivity contribution in [3.8, 4) is 6.07 Å². The normalized spacial score (nSPS) is 25.9. The zero-order valence-electron chi connectivity index (χ0n) is 12.6. The van der Waals surface area contributed by atoms with Gasteiger partial charge in [0.1, 0.15) is 5.60 Å². The summed E-state index contributed by atoms with van der Waals surface area (Å²) in [6, 6.07) is 2.24. The molecule has 1 saturated heterocycles. The molecule has 1 fully saturated rings. The van der Waals surface area contributed by atoms with Crippen LogP contribution in [0.4, 0.5) is 0 Å². The van der Waals surface area contributed by atoms with Gasteiger partial charge in [-0.05, 0) is 38.0 Å². The van der Waals surface area contributed by atoms with Crippen LogP contribution in [0.5, 0.6) is 0 Å². The smallest absolute Gasteiger partial charge is 0.227 e. The van der Waals surface area contributed by atoms with Crippen molar-refractivity contribution in [1.82, 2.24) is 10.1 Å². The highest BCUT2D eigenvalue weighted by atomic mass is 16.5.